The van der Waals surface area contributed by atoms with Crippen LogP contribution in [0.5, 0.6) is 17.2 Å². The van der Waals surface area contributed by atoms with Crippen LogP contribution in [0.15, 0.2) is 42.5 Å². The molecule has 4 amide bonds. The first-order chi connectivity index (χ1) is 15.2. The molecule has 2 aromatic rings. The molecule has 0 unspecified atom stereocenters. The molecule has 1 N–H and O–H groups in total. The van der Waals surface area contributed by atoms with Crippen molar-refractivity contribution in [3.05, 3.63) is 53.6 Å². The van der Waals surface area contributed by atoms with Crippen LogP contribution in [0.25, 0.3) is 0 Å². The molecule has 1 saturated heterocycles. The van der Waals surface area contributed by atoms with Gasteiger partial charge in [-0.25, -0.2) is 4.79 Å². The lowest BCUT2D eigenvalue weighted by molar-refractivity contribution is -0.138. The number of ether oxygens (including phenoxy) is 3. The second-order valence-electron chi connectivity index (χ2n) is 7.60. The number of hydrogen-bond acceptors (Lipinski definition) is 6. The third-order valence-electron chi connectivity index (χ3n) is 5.56. The Bertz CT molecular complexity index is 1020. The van der Waals surface area contributed by atoms with Crippen LogP contribution in [0.4, 0.5) is 4.79 Å². The second kappa shape index (κ2) is 9.17. The molecule has 1 heterocycles. The monoisotopic (exact) mass is 441 g/mol. The number of amides is 4. The van der Waals surface area contributed by atoms with Crippen molar-refractivity contribution in [2.45, 2.75) is 19.0 Å². The Hall–Kier alpha value is -3.75. The Morgan fingerprint density at radius 1 is 1.00 bits per heavy atom. The fraction of sp³-hybridized carbons (Fsp3) is 0.348. The van der Waals surface area contributed by atoms with Crippen molar-refractivity contribution in [2.24, 2.45) is 0 Å². The van der Waals surface area contributed by atoms with Crippen molar-refractivity contribution in [3.63, 3.8) is 0 Å². The van der Waals surface area contributed by atoms with Gasteiger partial charge in [0.15, 0.2) is 0 Å². The Morgan fingerprint density at radius 2 is 1.62 bits per heavy atom. The highest BCUT2D eigenvalue weighted by atomic mass is 16.5. The molecule has 0 saturated carbocycles. The summed E-state index contributed by atoms with van der Waals surface area (Å²) in [6.07, 6.45) is 0. The quantitative estimate of drug-likeness (QED) is 0.631. The minimum Gasteiger partial charge on any atom is -0.497 e. The van der Waals surface area contributed by atoms with E-state index in [1.807, 2.05) is 0 Å². The highest BCUT2D eigenvalue weighted by molar-refractivity contribution is 6.09. The number of nitrogens with zero attached hydrogens (tertiary/aromatic N) is 2. The molecule has 1 atom stereocenters. The maximum Gasteiger partial charge on any atom is 0.325 e. The fourth-order valence-electron chi connectivity index (χ4n) is 3.54. The van der Waals surface area contributed by atoms with Crippen LogP contribution in [0.1, 0.15) is 18.1 Å². The minimum atomic E-state index is -1.26. The molecule has 170 valence electrons. The van der Waals surface area contributed by atoms with Gasteiger partial charge in [0.25, 0.3) is 5.91 Å². The van der Waals surface area contributed by atoms with Crippen LogP contribution >= 0.6 is 0 Å². The van der Waals surface area contributed by atoms with Gasteiger partial charge in [0.05, 0.1) is 21.3 Å². The van der Waals surface area contributed by atoms with E-state index in [-0.39, 0.29) is 19.0 Å². The molecule has 0 spiro atoms. The van der Waals surface area contributed by atoms with E-state index >= 15 is 0 Å². The van der Waals surface area contributed by atoms with Crippen LogP contribution in [0.3, 0.4) is 0 Å². The number of hydrogen-bond donors (Lipinski definition) is 1. The van der Waals surface area contributed by atoms with Crippen molar-refractivity contribution >= 4 is 17.8 Å². The van der Waals surface area contributed by atoms with Crippen LogP contribution in [0.2, 0.25) is 0 Å². The fourth-order valence-corrected chi connectivity index (χ4v) is 3.54. The number of carbonyl (C=O) groups is 3. The number of urea groups is 1. The van der Waals surface area contributed by atoms with Gasteiger partial charge in [-0.05, 0) is 36.8 Å². The van der Waals surface area contributed by atoms with Crippen LogP contribution < -0.4 is 19.5 Å². The lowest BCUT2D eigenvalue weighted by Gasteiger charge is -2.24. The topological polar surface area (TPSA) is 97.4 Å². The van der Waals surface area contributed by atoms with E-state index in [2.05, 4.69) is 5.32 Å². The molecule has 1 aliphatic rings. The standard InChI is InChI=1S/C23H27N3O6/c1-23(16-7-10-17(30-3)11-8-16)21(28)26(22(29)24-23)14-20(27)25(2)13-15-6-9-18(31-4)12-19(15)32-5/h6-12H,13-14H2,1-5H3,(H,24,29)/t23-/m1/s1. The van der Waals surface area contributed by atoms with E-state index < -0.39 is 17.5 Å². The van der Waals surface area contributed by atoms with Gasteiger partial charge in [-0.2, -0.15) is 0 Å². The summed E-state index contributed by atoms with van der Waals surface area (Å²) in [5, 5.41) is 2.70. The average molecular weight is 441 g/mol. The zero-order valence-electron chi connectivity index (χ0n) is 18.8. The molecule has 0 aromatic heterocycles. The summed E-state index contributed by atoms with van der Waals surface area (Å²) in [7, 11) is 6.24. The molecule has 0 radical (unpaired) electrons. The van der Waals surface area contributed by atoms with Gasteiger partial charge in [-0.15, -0.1) is 0 Å². The average Bonchev–Trinajstić information content (AvgIpc) is 3.02. The molecule has 1 fully saturated rings. The van der Waals surface area contributed by atoms with Crippen molar-refractivity contribution in [1.82, 2.24) is 15.1 Å². The number of methoxy groups -OCH3 is 3. The van der Waals surface area contributed by atoms with E-state index in [4.69, 9.17) is 14.2 Å². The van der Waals surface area contributed by atoms with Crippen molar-refractivity contribution in [2.75, 3.05) is 34.9 Å². The first-order valence-electron chi connectivity index (χ1n) is 9.97. The summed E-state index contributed by atoms with van der Waals surface area (Å²) >= 11 is 0. The Kier molecular flexibility index (Phi) is 6.57. The molecule has 9 heteroatoms. The highest BCUT2D eigenvalue weighted by Gasteiger charge is 2.49. The number of nitrogens with one attached hydrogen (secondary N) is 1. The Morgan fingerprint density at radius 3 is 2.22 bits per heavy atom. The van der Waals surface area contributed by atoms with Crippen molar-refractivity contribution < 1.29 is 28.6 Å². The Labute approximate surface area is 186 Å². The van der Waals surface area contributed by atoms with Gasteiger partial charge in [-0.1, -0.05) is 12.1 Å². The molecule has 32 heavy (non-hydrogen) atoms. The molecule has 9 nitrogen and oxygen atoms in total. The van der Waals surface area contributed by atoms with Gasteiger partial charge in [0.1, 0.15) is 29.3 Å². The summed E-state index contributed by atoms with van der Waals surface area (Å²) in [6.45, 7) is 1.49. The zero-order chi connectivity index (χ0) is 23.5. The molecule has 0 bridgehead atoms. The van der Waals surface area contributed by atoms with Gasteiger partial charge in [0.2, 0.25) is 5.91 Å². The summed E-state index contributed by atoms with van der Waals surface area (Å²) in [4.78, 5) is 40.8. The lowest BCUT2D eigenvalue weighted by atomic mass is 9.92. The summed E-state index contributed by atoms with van der Waals surface area (Å²) in [6, 6.07) is 11.5. The maximum absolute atomic E-state index is 13.1. The van der Waals surface area contributed by atoms with Crippen molar-refractivity contribution in [1.29, 1.82) is 0 Å². The third kappa shape index (κ3) is 4.32. The number of carbonyl (C=O) groups excluding carboxylic acids is 3. The second-order valence-corrected chi connectivity index (χ2v) is 7.60. The molecule has 0 aliphatic carbocycles. The number of imide groups is 1. The van der Waals surface area contributed by atoms with E-state index in [9.17, 15) is 14.4 Å². The Balaban J connectivity index is 1.71. The molecule has 2 aromatic carbocycles. The number of likely N-dealkylation sites (N-methyl/N-ethyl adjacent to an activating group) is 1. The predicted molar refractivity (Wildman–Crippen MR) is 117 cm³/mol. The predicted octanol–water partition coefficient (Wildman–Crippen LogP) is 2.14. The van der Waals surface area contributed by atoms with Gasteiger partial charge in [-0.3, -0.25) is 14.5 Å². The highest BCUT2D eigenvalue weighted by Crippen LogP contribution is 2.30. The number of rotatable bonds is 8. The smallest absolute Gasteiger partial charge is 0.325 e. The SMILES string of the molecule is COc1ccc([C@@]2(C)NC(=O)N(CC(=O)N(C)Cc3ccc(OC)cc3OC)C2=O)cc1. The molecule has 3 rings (SSSR count). The largest absolute Gasteiger partial charge is 0.497 e. The molecular formula is C23H27N3O6. The summed E-state index contributed by atoms with van der Waals surface area (Å²) < 4.78 is 15.7. The van der Waals surface area contributed by atoms with Gasteiger partial charge in [0, 0.05) is 25.2 Å². The summed E-state index contributed by atoms with van der Waals surface area (Å²) in [5.41, 5.74) is 0.105. The lowest BCUT2D eigenvalue weighted by Crippen LogP contribution is -2.43. The maximum atomic E-state index is 13.1. The number of benzene rings is 2. The minimum absolute atomic E-state index is 0.241. The van der Waals surface area contributed by atoms with E-state index in [1.54, 1.807) is 70.7 Å². The first kappa shape index (κ1) is 22.9. The first-order valence-corrected chi connectivity index (χ1v) is 9.97. The van der Waals surface area contributed by atoms with Gasteiger partial charge >= 0.3 is 6.03 Å². The van der Waals surface area contributed by atoms with Crippen molar-refractivity contribution in [3.8, 4) is 17.2 Å². The summed E-state index contributed by atoms with van der Waals surface area (Å²) in [5.74, 6) is 0.973. The zero-order valence-corrected chi connectivity index (χ0v) is 18.8. The van der Waals surface area contributed by atoms with E-state index in [0.29, 0.717) is 22.8 Å². The third-order valence-corrected chi connectivity index (χ3v) is 5.56. The van der Waals surface area contributed by atoms with Crippen LogP contribution in [-0.4, -0.2) is 62.6 Å². The molecule has 1 aliphatic heterocycles. The normalized spacial score (nSPS) is 17.7. The van der Waals surface area contributed by atoms with Crippen LogP contribution in [-0.2, 0) is 21.7 Å². The van der Waals surface area contributed by atoms with Crippen LogP contribution in [0, 0.1) is 0 Å². The molecular weight excluding hydrogens is 414 g/mol. The van der Waals surface area contributed by atoms with Gasteiger partial charge < -0.3 is 24.4 Å². The van der Waals surface area contributed by atoms with E-state index in [1.165, 1.54) is 12.0 Å². The van der Waals surface area contributed by atoms with E-state index in [0.717, 1.165) is 10.5 Å².